The number of carboxylic acids is 1. The molecule has 0 atom stereocenters. The third-order valence-corrected chi connectivity index (χ3v) is 4.90. The van der Waals surface area contributed by atoms with Crippen LogP contribution in [0.25, 0.3) is 0 Å². The van der Waals surface area contributed by atoms with Crippen LogP contribution >= 0.6 is 0 Å². The van der Waals surface area contributed by atoms with Crippen LogP contribution < -0.4 is 21.2 Å². The fourth-order valence-electron chi connectivity index (χ4n) is 1.44. The van der Waals surface area contributed by atoms with Crippen molar-refractivity contribution in [2.45, 2.75) is 6.42 Å². The molecule has 0 saturated carbocycles. The molecular weight excluding hydrogens is 327 g/mol. The Bertz CT molecular complexity index is 491. The molecule has 0 unspecified atom stereocenters. The van der Waals surface area contributed by atoms with Crippen LogP contribution in [-0.4, -0.2) is 11.1 Å². The van der Waals surface area contributed by atoms with Crippen molar-refractivity contribution in [3.63, 3.8) is 0 Å². The van der Waals surface area contributed by atoms with Crippen molar-refractivity contribution >= 4 is 5.97 Å². The quantitative estimate of drug-likeness (QED) is 0.759. The molecule has 2 aromatic carbocycles. The van der Waals surface area contributed by atoms with Crippen molar-refractivity contribution in [1.29, 1.82) is 0 Å². The first-order chi connectivity index (χ1) is 8.24. The molecule has 0 spiro atoms. The molecule has 0 amide bonds. The molecule has 17 heavy (non-hydrogen) atoms. The second-order valence-corrected chi connectivity index (χ2v) is 6.62. The van der Waals surface area contributed by atoms with E-state index in [2.05, 4.69) is 12.1 Å². The molecule has 0 aliphatic heterocycles. The van der Waals surface area contributed by atoms with Crippen molar-refractivity contribution in [1.82, 2.24) is 0 Å². The number of aliphatic carboxylic acids is 1. The maximum atomic E-state index is 10.6. The molecule has 2 nitrogen and oxygen atoms in total. The molecule has 0 saturated heterocycles. The van der Waals surface area contributed by atoms with Crippen molar-refractivity contribution in [2.24, 2.45) is 0 Å². The molecule has 0 heterocycles. The zero-order valence-corrected chi connectivity index (χ0v) is 11.3. The van der Waals surface area contributed by atoms with Gasteiger partial charge in [-0.1, -0.05) is 30.3 Å². The van der Waals surface area contributed by atoms with Crippen molar-refractivity contribution in [2.75, 3.05) is 0 Å². The van der Waals surface area contributed by atoms with E-state index < -0.39 is 5.97 Å². The molecular formula is C14H12IO2+. The van der Waals surface area contributed by atoms with Crippen LogP contribution in [0.15, 0.2) is 54.6 Å². The van der Waals surface area contributed by atoms with E-state index in [1.54, 1.807) is 0 Å². The predicted molar refractivity (Wildman–Crippen MR) is 61.6 cm³/mol. The number of hydrogen-bond acceptors (Lipinski definition) is 1. The van der Waals surface area contributed by atoms with Crippen LogP contribution in [0.3, 0.4) is 0 Å². The SMILES string of the molecule is O=C(O)Cc1ccc([I+]c2ccccc2)cc1. The predicted octanol–water partition coefficient (Wildman–Crippen LogP) is -0.558. The average Bonchev–Trinajstić information content (AvgIpc) is 2.32. The van der Waals surface area contributed by atoms with Crippen molar-refractivity contribution < 1.29 is 31.1 Å². The van der Waals surface area contributed by atoms with E-state index >= 15 is 0 Å². The lowest BCUT2D eigenvalue weighted by molar-refractivity contribution is -0.597. The zero-order chi connectivity index (χ0) is 12.1. The second kappa shape index (κ2) is 5.82. The summed E-state index contributed by atoms with van der Waals surface area (Å²) in [5.74, 6) is -0.782. The van der Waals surface area contributed by atoms with Gasteiger partial charge in [-0.25, -0.2) is 0 Å². The maximum absolute atomic E-state index is 10.6. The van der Waals surface area contributed by atoms with Gasteiger partial charge in [0.1, 0.15) is 0 Å². The Balaban J connectivity index is 2.06. The van der Waals surface area contributed by atoms with E-state index in [0.29, 0.717) is 0 Å². The Morgan fingerprint density at radius 1 is 0.941 bits per heavy atom. The van der Waals surface area contributed by atoms with Gasteiger partial charge >= 0.3 is 27.2 Å². The number of carboxylic acid groups (broad SMARTS) is 1. The number of carbonyl (C=O) groups is 1. The summed E-state index contributed by atoms with van der Waals surface area (Å²) in [6.45, 7) is 0. The van der Waals surface area contributed by atoms with E-state index in [4.69, 9.17) is 5.11 Å². The lowest BCUT2D eigenvalue weighted by Gasteiger charge is -1.94. The van der Waals surface area contributed by atoms with Gasteiger partial charge in [0.05, 0.1) is 6.42 Å². The van der Waals surface area contributed by atoms with E-state index in [-0.39, 0.29) is 27.6 Å². The summed E-state index contributed by atoms with van der Waals surface area (Å²) in [6.07, 6.45) is 0.101. The van der Waals surface area contributed by atoms with Crippen molar-refractivity contribution in [3.05, 3.63) is 67.3 Å². The molecule has 0 aliphatic rings. The van der Waals surface area contributed by atoms with Gasteiger partial charge in [0.2, 0.25) is 0 Å². The molecule has 0 aliphatic carbocycles. The topological polar surface area (TPSA) is 37.3 Å². The highest BCUT2D eigenvalue weighted by Crippen LogP contribution is 1.99. The van der Waals surface area contributed by atoms with E-state index in [1.165, 1.54) is 7.14 Å². The molecule has 2 rings (SSSR count). The minimum atomic E-state index is -0.782. The molecule has 0 aromatic heterocycles. The summed E-state index contributed by atoms with van der Waals surface area (Å²) < 4.78 is 2.68. The summed E-state index contributed by atoms with van der Waals surface area (Å²) in [5.41, 5.74) is 0.860. The maximum Gasteiger partial charge on any atom is 0.357 e. The van der Waals surface area contributed by atoms with Gasteiger partial charge in [0.25, 0.3) is 0 Å². The minimum Gasteiger partial charge on any atom is -0.481 e. The molecule has 0 bridgehead atoms. The summed E-state index contributed by atoms with van der Waals surface area (Å²) >= 11 is -0.153. The highest BCUT2D eigenvalue weighted by molar-refractivity contribution is 5.70. The Morgan fingerprint density at radius 3 is 2.12 bits per heavy atom. The first kappa shape index (κ1) is 12.1. The Morgan fingerprint density at radius 2 is 1.53 bits per heavy atom. The molecule has 2 aromatic rings. The smallest absolute Gasteiger partial charge is 0.357 e. The summed E-state index contributed by atoms with van der Waals surface area (Å²) in [5, 5.41) is 8.68. The van der Waals surface area contributed by atoms with Gasteiger partial charge in [-0.2, -0.15) is 0 Å². The molecule has 86 valence electrons. The van der Waals surface area contributed by atoms with Gasteiger partial charge in [-0.3, -0.25) is 4.79 Å². The fourth-order valence-corrected chi connectivity index (χ4v) is 3.66. The van der Waals surface area contributed by atoms with Crippen LogP contribution in [0.5, 0.6) is 0 Å². The Hall–Kier alpha value is -1.36. The summed E-state index contributed by atoms with van der Waals surface area (Å²) in [6, 6.07) is 18.3. The van der Waals surface area contributed by atoms with Gasteiger partial charge in [-0.15, -0.1) is 0 Å². The third-order valence-electron chi connectivity index (χ3n) is 2.22. The number of halogens is 1. The first-order valence-electron chi connectivity index (χ1n) is 5.24. The molecule has 0 radical (unpaired) electrons. The van der Waals surface area contributed by atoms with E-state index in [9.17, 15) is 4.79 Å². The highest BCUT2D eigenvalue weighted by Gasteiger charge is 2.14. The van der Waals surface area contributed by atoms with Crippen LogP contribution in [0.1, 0.15) is 5.56 Å². The summed E-state index contributed by atoms with van der Waals surface area (Å²) in [4.78, 5) is 10.6. The largest absolute Gasteiger partial charge is 0.481 e. The number of benzene rings is 2. The first-order valence-corrected chi connectivity index (χ1v) is 7.40. The Labute approximate surface area is 111 Å². The third kappa shape index (κ3) is 3.85. The zero-order valence-electron chi connectivity index (χ0n) is 9.14. The molecule has 0 fully saturated rings. The van der Waals surface area contributed by atoms with E-state index in [0.717, 1.165) is 5.56 Å². The highest BCUT2D eigenvalue weighted by atomic mass is 127. The number of rotatable bonds is 4. The number of hydrogen-bond donors (Lipinski definition) is 1. The van der Waals surface area contributed by atoms with Crippen molar-refractivity contribution in [3.8, 4) is 0 Å². The lowest BCUT2D eigenvalue weighted by atomic mass is 10.2. The fraction of sp³-hybridized carbons (Fsp3) is 0.0714. The standard InChI is InChI=1S/C14H11IO2/c16-14(17)10-11-6-8-13(9-7-11)15-12-4-2-1-3-5-12/h1-9H,10H2/p+1. The van der Waals surface area contributed by atoms with Crippen LogP contribution in [0.4, 0.5) is 0 Å². The molecule has 1 N–H and O–H groups in total. The van der Waals surface area contributed by atoms with Crippen LogP contribution in [0.2, 0.25) is 0 Å². The normalized spacial score (nSPS) is 10.1. The molecule has 3 heteroatoms. The second-order valence-electron chi connectivity index (χ2n) is 3.59. The van der Waals surface area contributed by atoms with Gasteiger partial charge in [0, 0.05) is 0 Å². The summed E-state index contributed by atoms with van der Waals surface area (Å²) in [7, 11) is 0. The van der Waals surface area contributed by atoms with Crippen LogP contribution in [-0.2, 0) is 11.2 Å². The average molecular weight is 339 g/mol. The van der Waals surface area contributed by atoms with Gasteiger partial charge in [0.15, 0.2) is 7.14 Å². The lowest BCUT2D eigenvalue weighted by Crippen LogP contribution is -3.61. The van der Waals surface area contributed by atoms with Gasteiger partial charge < -0.3 is 5.11 Å². The van der Waals surface area contributed by atoms with Crippen LogP contribution in [0, 0.1) is 7.14 Å². The van der Waals surface area contributed by atoms with E-state index in [1.807, 2.05) is 42.5 Å². The van der Waals surface area contributed by atoms with Gasteiger partial charge in [-0.05, 0) is 29.8 Å². The monoisotopic (exact) mass is 339 g/mol. The minimum absolute atomic E-state index is 0.101. The Kier molecular flexibility index (Phi) is 4.14.